The number of methoxy groups -OCH3 is 1. The highest BCUT2D eigenvalue weighted by atomic mass is 35.5. The number of ether oxygens (including phenoxy) is 1. The van der Waals surface area contributed by atoms with Crippen molar-refractivity contribution in [2.24, 2.45) is 11.8 Å². The molecule has 2 saturated heterocycles. The maximum atomic E-state index is 14.0. The summed E-state index contributed by atoms with van der Waals surface area (Å²) in [5.41, 5.74) is -0.0228. The quantitative estimate of drug-likeness (QED) is 0.444. The molecule has 3 atom stereocenters. The van der Waals surface area contributed by atoms with Gasteiger partial charge < -0.3 is 10.1 Å². The van der Waals surface area contributed by atoms with Gasteiger partial charge in [-0.05, 0) is 72.8 Å². The number of nitrogens with zero attached hydrogens (tertiary/aromatic N) is 1. The van der Waals surface area contributed by atoms with Crippen molar-refractivity contribution in [1.82, 2.24) is 0 Å². The molecule has 2 amide bonds. The molecule has 5 rings (SSSR count). The maximum Gasteiger partial charge on any atom is 0.365 e. The third-order valence-corrected chi connectivity index (χ3v) is 7.12. The van der Waals surface area contributed by atoms with Gasteiger partial charge in [0.25, 0.3) is 0 Å². The lowest BCUT2D eigenvalue weighted by Gasteiger charge is -2.32. The Morgan fingerprint density at radius 2 is 1.40 bits per heavy atom. The van der Waals surface area contributed by atoms with Crippen LogP contribution in [0.25, 0.3) is 0 Å². The first-order valence-corrected chi connectivity index (χ1v) is 11.2. The van der Waals surface area contributed by atoms with Gasteiger partial charge in [-0.15, -0.1) is 0 Å². The molecule has 0 spiro atoms. The number of imide groups is 1. The second kappa shape index (κ2) is 8.55. The molecule has 0 unspecified atom stereocenters. The van der Waals surface area contributed by atoms with Crippen LogP contribution in [0, 0.1) is 23.5 Å². The molecule has 35 heavy (non-hydrogen) atoms. The normalized spacial score (nSPS) is 22.9. The first-order chi connectivity index (χ1) is 16.8. The fourth-order valence-electron chi connectivity index (χ4n) is 5.39. The van der Waals surface area contributed by atoms with Crippen molar-refractivity contribution in [3.63, 3.8) is 0 Å². The Balaban J connectivity index is 1.75. The molecule has 3 aromatic rings. The zero-order valence-electron chi connectivity index (χ0n) is 18.5. The van der Waals surface area contributed by atoms with Gasteiger partial charge in [-0.3, -0.25) is 9.59 Å². The van der Waals surface area contributed by atoms with E-state index in [0.717, 1.165) is 4.90 Å². The fourth-order valence-corrected chi connectivity index (χ4v) is 5.51. The van der Waals surface area contributed by atoms with Crippen molar-refractivity contribution < 1.29 is 33.2 Å². The fraction of sp³-hybridized carbons (Fsp3) is 0.192. The predicted octanol–water partition coefficient (Wildman–Crippen LogP) is 2.79. The summed E-state index contributed by atoms with van der Waals surface area (Å²) < 4.78 is 32.7. The van der Waals surface area contributed by atoms with Crippen LogP contribution in [0.4, 0.5) is 14.5 Å². The number of nitrogens with two attached hydrogens (primary N) is 1. The van der Waals surface area contributed by atoms with E-state index in [4.69, 9.17) is 16.3 Å². The summed E-state index contributed by atoms with van der Waals surface area (Å²) >= 11 is 5.99. The zero-order chi connectivity index (χ0) is 24.9. The van der Waals surface area contributed by atoms with Crippen LogP contribution in [0.5, 0.6) is 0 Å². The highest BCUT2D eigenvalue weighted by Gasteiger charge is 2.72. The second-order valence-corrected chi connectivity index (χ2v) is 9.03. The van der Waals surface area contributed by atoms with E-state index in [-0.39, 0.29) is 0 Å². The van der Waals surface area contributed by atoms with Gasteiger partial charge in [0.05, 0.1) is 12.8 Å². The Morgan fingerprint density at radius 1 is 0.886 bits per heavy atom. The molecule has 2 aliphatic rings. The third kappa shape index (κ3) is 3.52. The summed E-state index contributed by atoms with van der Waals surface area (Å²) in [6.45, 7) is 0. The summed E-state index contributed by atoms with van der Waals surface area (Å²) in [6, 6.07) is 16.2. The number of hydrogen-bond acceptors (Lipinski definition) is 4. The molecule has 0 radical (unpaired) electrons. The number of fused-ring (bicyclic) bond motifs is 1. The molecule has 0 aliphatic carbocycles. The molecule has 0 saturated carbocycles. The first-order valence-electron chi connectivity index (χ1n) is 10.9. The highest BCUT2D eigenvalue weighted by Crippen LogP contribution is 2.48. The van der Waals surface area contributed by atoms with E-state index < -0.39 is 52.8 Å². The smallest absolute Gasteiger partial charge is 0.365 e. The van der Waals surface area contributed by atoms with Gasteiger partial charge in [-0.2, -0.15) is 0 Å². The monoisotopic (exact) mass is 497 g/mol. The molecule has 0 bridgehead atoms. The number of rotatable bonds is 4. The third-order valence-electron chi connectivity index (χ3n) is 6.87. The largest absolute Gasteiger partial charge is 0.465 e. The van der Waals surface area contributed by atoms with Crippen molar-refractivity contribution in [2.75, 3.05) is 12.0 Å². The molecular weight excluding hydrogens is 478 g/mol. The maximum absolute atomic E-state index is 14.0. The Labute approximate surface area is 204 Å². The van der Waals surface area contributed by atoms with E-state index in [0.29, 0.717) is 21.8 Å². The number of hydrogen-bond donors (Lipinski definition) is 1. The van der Waals surface area contributed by atoms with Gasteiger partial charge in [-0.25, -0.2) is 18.5 Å². The number of anilines is 1. The average Bonchev–Trinajstić information content (AvgIpc) is 3.35. The van der Waals surface area contributed by atoms with Crippen LogP contribution >= 0.6 is 11.6 Å². The summed E-state index contributed by atoms with van der Waals surface area (Å²) in [6.07, 6.45) is 0. The van der Waals surface area contributed by atoms with Crippen molar-refractivity contribution in [3.05, 3.63) is 101 Å². The van der Waals surface area contributed by atoms with Crippen LogP contribution in [0.1, 0.15) is 11.1 Å². The van der Waals surface area contributed by atoms with Crippen LogP contribution in [0.15, 0.2) is 72.8 Å². The van der Waals surface area contributed by atoms with Gasteiger partial charge >= 0.3 is 5.97 Å². The minimum Gasteiger partial charge on any atom is -0.465 e. The van der Waals surface area contributed by atoms with Crippen LogP contribution in [0.3, 0.4) is 0 Å². The van der Waals surface area contributed by atoms with Crippen molar-refractivity contribution in [3.8, 4) is 0 Å². The summed E-state index contributed by atoms with van der Waals surface area (Å²) in [7, 11) is 1.21. The molecule has 178 valence electrons. The SMILES string of the molecule is COC(=O)[C@@H]1[NH2+]C(c2ccc(F)cc2)(c2ccc(F)cc2)[C@H]2C(=O)N(c3ccc(Cl)cc3)C(=O)[C@H]12. The minimum atomic E-state index is -1.32. The lowest BCUT2D eigenvalue weighted by Crippen LogP contribution is -2.99. The molecule has 9 heteroatoms. The average molecular weight is 498 g/mol. The number of halogens is 3. The minimum absolute atomic E-state index is 0.314. The van der Waals surface area contributed by atoms with Crippen LogP contribution < -0.4 is 10.2 Å². The summed E-state index contributed by atoms with van der Waals surface area (Å²) in [5, 5.41) is 2.05. The van der Waals surface area contributed by atoms with Gasteiger partial charge in [0.2, 0.25) is 11.8 Å². The molecule has 2 heterocycles. The topological polar surface area (TPSA) is 80.3 Å². The Hall–Kier alpha value is -3.62. The molecule has 2 aliphatic heterocycles. The van der Waals surface area contributed by atoms with E-state index in [1.165, 1.54) is 55.6 Å². The van der Waals surface area contributed by atoms with Crippen molar-refractivity contribution in [1.29, 1.82) is 0 Å². The highest BCUT2D eigenvalue weighted by molar-refractivity contribution is 6.31. The van der Waals surface area contributed by atoms with E-state index in [1.54, 1.807) is 29.6 Å². The lowest BCUT2D eigenvalue weighted by atomic mass is 9.71. The molecule has 6 nitrogen and oxygen atoms in total. The van der Waals surface area contributed by atoms with E-state index >= 15 is 0 Å². The first kappa shape index (κ1) is 23.1. The zero-order valence-corrected chi connectivity index (χ0v) is 19.2. The van der Waals surface area contributed by atoms with Crippen LogP contribution in [-0.4, -0.2) is 30.9 Å². The molecule has 2 N–H and O–H groups in total. The Bertz CT molecular complexity index is 1270. The Kier molecular flexibility index (Phi) is 5.65. The van der Waals surface area contributed by atoms with Crippen molar-refractivity contribution >= 4 is 35.1 Å². The van der Waals surface area contributed by atoms with E-state index in [2.05, 4.69) is 0 Å². The standard InChI is InChI=1S/C26H19ClF2N2O4/c1-35-25(34)22-20-21(24(33)31(23(20)32)19-12-6-16(27)7-13-19)26(30-22,14-2-8-17(28)9-3-14)15-4-10-18(29)11-5-15/h2-13,20-22,30H,1H3/p+1/t20-,21+,22+/m0/s1. The van der Waals surface area contributed by atoms with E-state index in [9.17, 15) is 23.2 Å². The van der Waals surface area contributed by atoms with Gasteiger partial charge in [-0.1, -0.05) is 11.6 Å². The number of carbonyl (C=O) groups excluding carboxylic acids is 3. The summed E-state index contributed by atoms with van der Waals surface area (Å²) in [5.74, 6) is -4.85. The van der Waals surface area contributed by atoms with Crippen molar-refractivity contribution in [2.45, 2.75) is 11.6 Å². The van der Waals surface area contributed by atoms with Gasteiger partial charge in [0.15, 0.2) is 11.6 Å². The molecule has 0 aromatic heterocycles. The summed E-state index contributed by atoms with van der Waals surface area (Å²) in [4.78, 5) is 41.6. The van der Waals surface area contributed by atoms with Gasteiger partial charge in [0, 0.05) is 16.1 Å². The second-order valence-electron chi connectivity index (χ2n) is 8.59. The number of esters is 1. The number of quaternary nitrogens is 1. The Morgan fingerprint density at radius 3 is 1.89 bits per heavy atom. The molecule has 3 aromatic carbocycles. The molecular formula is C26H20ClF2N2O4+. The van der Waals surface area contributed by atoms with Crippen LogP contribution in [0.2, 0.25) is 5.02 Å². The number of carbonyl (C=O) groups is 3. The van der Waals surface area contributed by atoms with Crippen LogP contribution in [-0.2, 0) is 24.7 Å². The van der Waals surface area contributed by atoms with Gasteiger partial charge in [0.1, 0.15) is 23.5 Å². The lowest BCUT2D eigenvalue weighted by molar-refractivity contribution is -0.729. The predicted molar refractivity (Wildman–Crippen MR) is 122 cm³/mol. The van der Waals surface area contributed by atoms with E-state index in [1.807, 2.05) is 0 Å². The number of amides is 2. The molecule has 2 fully saturated rings. The number of benzene rings is 3.